The minimum Gasteiger partial charge on any atom is -0.481 e. The molecule has 5 nitrogen and oxygen atoms in total. The second-order valence-corrected chi connectivity index (χ2v) is 8.04. The molecule has 6 heteroatoms. The van der Waals surface area contributed by atoms with E-state index in [2.05, 4.69) is 6.07 Å². The van der Waals surface area contributed by atoms with E-state index in [1.54, 1.807) is 12.1 Å². The van der Waals surface area contributed by atoms with E-state index in [1.807, 2.05) is 24.3 Å². The number of aliphatic hydroxyl groups is 2. The van der Waals surface area contributed by atoms with E-state index in [4.69, 9.17) is 10.1 Å². The molecule has 160 valence electrons. The molecule has 0 aliphatic heterocycles. The first-order valence-electron chi connectivity index (χ1n) is 10.4. The molecule has 1 aromatic heterocycles. The highest BCUT2D eigenvalue weighted by Gasteiger charge is 2.26. The summed E-state index contributed by atoms with van der Waals surface area (Å²) in [4.78, 5) is 15.4. The van der Waals surface area contributed by atoms with Crippen molar-refractivity contribution in [1.29, 1.82) is 0 Å². The van der Waals surface area contributed by atoms with E-state index in [0.717, 1.165) is 40.6 Å². The number of para-hydroxylation sites is 1. The molecule has 4 rings (SSSR count). The highest BCUT2D eigenvalue weighted by atomic mass is 19.1. The van der Waals surface area contributed by atoms with E-state index in [0.29, 0.717) is 11.5 Å². The van der Waals surface area contributed by atoms with Gasteiger partial charge in [-0.3, -0.25) is 9.78 Å². The maximum Gasteiger partial charge on any atom is 0.305 e. The summed E-state index contributed by atoms with van der Waals surface area (Å²) in [6.45, 7) is 0. The Balaban J connectivity index is 1.63. The standard InChI is InChI=1S/C25H24FNO4/c26-22-10-8-16(11-17(22)7-9-18(28)12-19(29)13-25(30)31)21-14-24(15-5-6-15)27-23-4-2-1-3-20(21)23/h1-4,7-11,14-15,18-19,28-29H,5-6,12-13H2,(H,30,31)/b9-7+/t18-,19-/m1/s1. The molecule has 1 heterocycles. The van der Waals surface area contributed by atoms with Gasteiger partial charge in [-0.25, -0.2) is 4.39 Å². The highest BCUT2D eigenvalue weighted by Crippen LogP contribution is 2.42. The second-order valence-electron chi connectivity index (χ2n) is 8.04. The topological polar surface area (TPSA) is 90.7 Å². The van der Waals surface area contributed by atoms with Crippen molar-refractivity contribution in [3.63, 3.8) is 0 Å². The van der Waals surface area contributed by atoms with Gasteiger partial charge in [0.1, 0.15) is 5.82 Å². The minimum absolute atomic E-state index is 0.135. The van der Waals surface area contributed by atoms with Gasteiger partial charge in [-0.2, -0.15) is 0 Å². The lowest BCUT2D eigenvalue weighted by Gasteiger charge is -2.12. The number of carboxylic acids is 1. The van der Waals surface area contributed by atoms with Gasteiger partial charge in [-0.05, 0) is 48.2 Å². The number of hydrogen-bond donors (Lipinski definition) is 3. The zero-order valence-corrected chi connectivity index (χ0v) is 16.9. The lowest BCUT2D eigenvalue weighted by molar-refractivity contribution is -0.139. The Labute approximate surface area is 179 Å². The van der Waals surface area contributed by atoms with Crippen LogP contribution in [0.25, 0.3) is 28.1 Å². The first kappa shape index (κ1) is 21.2. The van der Waals surface area contributed by atoms with Crippen molar-refractivity contribution in [1.82, 2.24) is 4.98 Å². The van der Waals surface area contributed by atoms with E-state index in [9.17, 15) is 19.4 Å². The van der Waals surface area contributed by atoms with Gasteiger partial charge < -0.3 is 15.3 Å². The first-order chi connectivity index (χ1) is 14.9. The number of aromatic nitrogens is 1. The van der Waals surface area contributed by atoms with Gasteiger partial charge in [0.05, 0.1) is 24.1 Å². The number of carboxylic acid groups (broad SMARTS) is 1. The Hall–Kier alpha value is -3.09. The van der Waals surface area contributed by atoms with Gasteiger partial charge in [0.2, 0.25) is 0 Å². The summed E-state index contributed by atoms with van der Waals surface area (Å²) in [6.07, 6.45) is 2.26. The zero-order valence-electron chi connectivity index (χ0n) is 16.9. The van der Waals surface area contributed by atoms with Crippen LogP contribution in [0, 0.1) is 5.82 Å². The molecule has 0 amide bonds. The molecule has 2 atom stereocenters. The highest BCUT2D eigenvalue weighted by molar-refractivity contribution is 5.95. The Morgan fingerprint density at radius 3 is 2.68 bits per heavy atom. The van der Waals surface area contributed by atoms with Crippen molar-refractivity contribution in [2.75, 3.05) is 0 Å². The van der Waals surface area contributed by atoms with Gasteiger partial charge in [-0.15, -0.1) is 0 Å². The Morgan fingerprint density at radius 2 is 1.94 bits per heavy atom. The third kappa shape index (κ3) is 5.16. The summed E-state index contributed by atoms with van der Waals surface area (Å²) >= 11 is 0. The normalized spacial score (nSPS) is 16.0. The van der Waals surface area contributed by atoms with E-state index >= 15 is 0 Å². The van der Waals surface area contributed by atoms with E-state index < -0.39 is 30.4 Å². The van der Waals surface area contributed by atoms with Crippen molar-refractivity contribution in [3.8, 4) is 11.1 Å². The van der Waals surface area contributed by atoms with Gasteiger partial charge in [0, 0.05) is 29.0 Å². The molecule has 0 spiro atoms. The molecular formula is C25H24FNO4. The zero-order chi connectivity index (χ0) is 22.0. The summed E-state index contributed by atoms with van der Waals surface area (Å²) in [5.74, 6) is -1.09. The molecule has 3 N–H and O–H groups in total. The van der Waals surface area contributed by atoms with Gasteiger partial charge in [0.25, 0.3) is 0 Å². The third-order valence-electron chi connectivity index (χ3n) is 5.46. The molecule has 2 aromatic carbocycles. The van der Waals surface area contributed by atoms with E-state index in [-0.39, 0.29) is 6.42 Å². The molecule has 0 bridgehead atoms. The largest absolute Gasteiger partial charge is 0.481 e. The van der Waals surface area contributed by atoms with Crippen molar-refractivity contribution >= 4 is 22.9 Å². The molecule has 1 saturated carbocycles. The number of pyridine rings is 1. The Bertz CT molecular complexity index is 1140. The van der Waals surface area contributed by atoms with Crippen molar-refractivity contribution in [2.45, 2.75) is 43.8 Å². The third-order valence-corrected chi connectivity index (χ3v) is 5.46. The molecule has 0 radical (unpaired) electrons. The average Bonchev–Trinajstić information content (AvgIpc) is 3.57. The molecule has 3 aromatic rings. The minimum atomic E-state index is -1.17. The Kier molecular flexibility index (Phi) is 6.11. The number of benzene rings is 2. The molecule has 0 unspecified atom stereocenters. The van der Waals surface area contributed by atoms with Crippen LogP contribution in [0.2, 0.25) is 0 Å². The maximum absolute atomic E-state index is 14.4. The summed E-state index contributed by atoms with van der Waals surface area (Å²) in [7, 11) is 0. The predicted octanol–water partition coefficient (Wildman–Crippen LogP) is 4.52. The molecule has 0 saturated heterocycles. The lowest BCUT2D eigenvalue weighted by Crippen LogP contribution is -2.19. The van der Waals surface area contributed by atoms with Crippen molar-refractivity contribution in [2.24, 2.45) is 0 Å². The molecule has 1 fully saturated rings. The van der Waals surface area contributed by atoms with Crippen LogP contribution < -0.4 is 0 Å². The summed E-state index contributed by atoms with van der Waals surface area (Å²) < 4.78 is 14.4. The number of aliphatic hydroxyl groups excluding tert-OH is 2. The predicted molar refractivity (Wildman–Crippen MR) is 117 cm³/mol. The number of rotatable bonds is 8. The monoisotopic (exact) mass is 421 g/mol. The van der Waals surface area contributed by atoms with Crippen LogP contribution in [-0.2, 0) is 4.79 Å². The number of halogens is 1. The van der Waals surface area contributed by atoms with Gasteiger partial charge >= 0.3 is 5.97 Å². The van der Waals surface area contributed by atoms with Gasteiger partial charge in [0.15, 0.2) is 0 Å². The van der Waals surface area contributed by atoms with Crippen molar-refractivity contribution < 1.29 is 24.5 Å². The van der Waals surface area contributed by atoms with Crippen LogP contribution in [-0.4, -0.2) is 38.5 Å². The summed E-state index contributed by atoms with van der Waals surface area (Å²) in [5, 5.41) is 29.4. The fraction of sp³-hybridized carbons (Fsp3) is 0.280. The van der Waals surface area contributed by atoms with Crippen LogP contribution in [0.5, 0.6) is 0 Å². The first-order valence-corrected chi connectivity index (χ1v) is 10.4. The second kappa shape index (κ2) is 8.96. The smallest absolute Gasteiger partial charge is 0.305 e. The summed E-state index contributed by atoms with van der Waals surface area (Å²) in [5.41, 5.74) is 4.10. The number of carbonyl (C=O) groups is 1. The van der Waals surface area contributed by atoms with Crippen LogP contribution >= 0.6 is 0 Å². The lowest BCUT2D eigenvalue weighted by atomic mass is 9.97. The van der Waals surface area contributed by atoms with Crippen molar-refractivity contribution in [3.05, 3.63) is 71.7 Å². The fourth-order valence-electron chi connectivity index (χ4n) is 3.72. The number of fused-ring (bicyclic) bond motifs is 1. The molecule has 1 aliphatic carbocycles. The van der Waals surface area contributed by atoms with Crippen LogP contribution in [0.3, 0.4) is 0 Å². The summed E-state index contributed by atoms with van der Waals surface area (Å²) in [6, 6.07) is 14.8. The Morgan fingerprint density at radius 1 is 1.16 bits per heavy atom. The van der Waals surface area contributed by atoms with Gasteiger partial charge in [-0.1, -0.05) is 36.4 Å². The average molecular weight is 421 g/mol. The molecule has 31 heavy (non-hydrogen) atoms. The van der Waals surface area contributed by atoms with Crippen LogP contribution in [0.4, 0.5) is 4.39 Å². The number of nitrogens with zero attached hydrogens (tertiary/aromatic N) is 1. The van der Waals surface area contributed by atoms with Crippen LogP contribution in [0.1, 0.15) is 42.9 Å². The number of aliphatic carboxylic acids is 1. The fourth-order valence-corrected chi connectivity index (χ4v) is 3.72. The van der Waals surface area contributed by atoms with E-state index in [1.165, 1.54) is 18.2 Å². The quantitative estimate of drug-likeness (QED) is 0.498. The molecular weight excluding hydrogens is 397 g/mol. The number of hydrogen-bond acceptors (Lipinski definition) is 4. The maximum atomic E-state index is 14.4. The molecule has 1 aliphatic rings. The van der Waals surface area contributed by atoms with Crippen LogP contribution in [0.15, 0.2) is 54.6 Å². The SMILES string of the molecule is O=C(O)C[C@H](O)C[C@H](O)/C=C/c1cc(-c2cc(C3CC3)nc3ccccc23)ccc1F.